The molecule has 33 heavy (non-hydrogen) atoms. The molecule has 2 heterocycles. The Hall–Kier alpha value is -2.40. The number of carbonyl (C=O) groups excluding carboxylic acids is 1. The molecule has 1 aliphatic heterocycles. The minimum absolute atomic E-state index is 0.174. The van der Waals surface area contributed by atoms with Crippen molar-refractivity contribution >= 4 is 37.5 Å². The molecule has 1 aromatic heterocycles. The molecule has 3 aromatic rings. The maximum absolute atomic E-state index is 13.7. The molecule has 1 saturated heterocycles. The third-order valence-electron chi connectivity index (χ3n) is 5.67. The lowest BCUT2D eigenvalue weighted by Gasteiger charge is -2.19. The number of hydrogen-bond donors (Lipinski definition) is 0. The first-order chi connectivity index (χ1) is 15.9. The van der Waals surface area contributed by atoms with E-state index in [9.17, 15) is 17.6 Å². The number of methoxy groups -OCH3 is 1. The monoisotopic (exact) mass is 491 g/mol. The summed E-state index contributed by atoms with van der Waals surface area (Å²) in [5.41, 5.74) is 1.05. The molecule has 1 aliphatic rings. The lowest BCUT2D eigenvalue weighted by Crippen LogP contribution is -2.31. The van der Waals surface area contributed by atoms with Crippen molar-refractivity contribution in [3.8, 4) is 0 Å². The van der Waals surface area contributed by atoms with Gasteiger partial charge in [0.1, 0.15) is 5.82 Å². The van der Waals surface area contributed by atoms with Crippen LogP contribution in [0.5, 0.6) is 0 Å². The van der Waals surface area contributed by atoms with Crippen molar-refractivity contribution in [1.82, 2.24) is 8.87 Å². The first-order valence-corrected chi connectivity index (χ1v) is 13.1. The first kappa shape index (κ1) is 23.7. The van der Waals surface area contributed by atoms with Crippen molar-refractivity contribution in [3.63, 3.8) is 0 Å². The van der Waals surface area contributed by atoms with Crippen LogP contribution < -0.4 is 4.80 Å². The van der Waals surface area contributed by atoms with Gasteiger partial charge in [0, 0.05) is 32.3 Å². The molecule has 0 N–H and O–H groups in total. The molecule has 0 radical (unpaired) electrons. The van der Waals surface area contributed by atoms with Crippen LogP contribution in [0.1, 0.15) is 36.0 Å². The Bertz CT molecular complexity index is 1310. The predicted molar refractivity (Wildman–Crippen MR) is 125 cm³/mol. The van der Waals surface area contributed by atoms with Gasteiger partial charge in [-0.2, -0.15) is 9.30 Å². The maximum Gasteiger partial charge on any atom is 0.279 e. The van der Waals surface area contributed by atoms with Crippen LogP contribution in [0.15, 0.2) is 52.4 Å². The largest absolute Gasteiger partial charge is 0.383 e. The van der Waals surface area contributed by atoms with Crippen LogP contribution in [-0.2, 0) is 21.3 Å². The van der Waals surface area contributed by atoms with Crippen molar-refractivity contribution in [3.05, 3.63) is 58.6 Å². The average Bonchev–Trinajstić information content (AvgIpc) is 2.96. The van der Waals surface area contributed by atoms with Crippen molar-refractivity contribution in [2.24, 2.45) is 4.99 Å². The van der Waals surface area contributed by atoms with Crippen molar-refractivity contribution in [2.45, 2.75) is 37.1 Å². The summed E-state index contributed by atoms with van der Waals surface area (Å²) in [4.78, 5) is 17.7. The first-order valence-electron chi connectivity index (χ1n) is 10.9. The van der Waals surface area contributed by atoms with Gasteiger partial charge >= 0.3 is 0 Å². The zero-order valence-electron chi connectivity index (χ0n) is 18.4. The molecule has 7 nitrogen and oxygen atoms in total. The van der Waals surface area contributed by atoms with E-state index in [-0.39, 0.29) is 16.3 Å². The van der Waals surface area contributed by atoms with E-state index in [1.807, 2.05) is 4.57 Å². The molecule has 0 aliphatic carbocycles. The highest BCUT2D eigenvalue weighted by molar-refractivity contribution is 7.89. The summed E-state index contributed by atoms with van der Waals surface area (Å²) in [5.74, 6) is -0.853. The minimum Gasteiger partial charge on any atom is -0.383 e. The van der Waals surface area contributed by atoms with Crippen LogP contribution in [0.3, 0.4) is 0 Å². The van der Waals surface area contributed by atoms with E-state index in [0.717, 1.165) is 31.2 Å². The zero-order chi connectivity index (χ0) is 23.4. The smallest absolute Gasteiger partial charge is 0.279 e. The lowest BCUT2D eigenvalue weighted by molar-refractivity contribution is 0.0997. The molecule has 1 amide bonds. The van der Waals surface area contributed by atoms with E-state index >= 15 is 0 Å². The number of thiazole rings is 1. The number of ether oxygens (including phenoxy) is 1. The lowest BCUT2D eigenvalue weighted by atomic mass is 10.2. The fourth-order valence-corrected chi connectivity index (χ4v) is 6.48. The van der Waals surface area contributed by atoms with Crippen LogP contribution in [0, 0.1) is 5.82 Å². The van der Waals surface area contributed by atoms with Crippen LogP contribution in [0.25, 0.3) is 10.2 Å². The van der Waals surface area contributed by atoms with Crippen molar-refractivity contribution < 1.29 is 22.3 Å². The molecule has 1 fully saturated rings. The van der Waals surface area contributed by atoms with Crippen LogP contribution >= 0.6 is 11.3 Å². The molecular formula is C23H26FN3O4S2. The van der Waals surface area contributed by atoms with Gasteiger partial charge in [0.2, 0.25) is 10.0 Å². The van der Waals surface area contributed by atoms with E-state index in [4.69, 9.17) is 4.74 Å². The van der Waals surface area contributed by atoms with E-state index in [1.54, 1.807) is 13.2 Å². The number of hydrogen-bond acceptors (Lipinski definition) is 5. The minimum atomic E-state index is -3.59. The number of nitrogens with zero attached hydrogens (tertiary/aromatic N) is 3. The summed E-state index contributed by atoms with van der Waals surface area (Å²) < 4.78 is 48.8. The highest BCUT2D eigenvalue weighted by Gasteiger charge is 2.25. The van der Waals surface area contributed by atoms with Gasteiger partial charge in [-0.05, 0) is 55.3 Å². The molecule has 4 rings (SSSR count). The summed E-state index contributed by atoms with van der Waals surface area (Å²) in [5, 5.41) is 0. The average molecular weight is 492 g/mol. The van der Waals surface area contributed by atoms with Gasteiger partial charge in [-0.1, -0.05) is 24.2 Å². The van der Waals surface area contributed by atoms with E-state index in [0.29, 0.717) is 35.7 Å². The number of sulfonamides is 1. The summed E-state index contributed by atoms with van der Waals surface area (Å²) in [6.07, 6.45) is 3.79. The zero-order valence-corrected chi connectivity index (χ0v) is 20.0. The fraction of sp³-hybridized carbons (Fsp3) is 0.391. The summed E-state index contributed by atoms with van der Waals surface area (Å²) >= 11 is 1.22. The fourth-order valence-electron chi connectivity index (χ4n) is 3.88. The van der Waals surface area contributed by atoms with Crippen LogP contribution in [0.4, 0.5) is 4.39 Å². The second-order valence-electron chi connectivity index (χ2n) is 7.90. The van der Waals surface area contributed by atoms with Gasteiger partial charge in [-0.25, -0.2) is 12.8 Å². The number of rotatable bonds is 6. The Morgan fingerprint density at radius 2 is 1.79 bits per heavy atom. The Labute approximate surface area is 196 Å². The number of fused-ring (bicyclic) bond motifs is 1. The topological polar surface area (TPSA) is 81.0 Å². The van der Waals surface area contributed by atoms with Crippen LogP contribution in [0.2, 0.25) is 0 Å². The summed E-state index contributed by atoms with van der Waals surface area (Å²) in [7, 11) is -2.00. The Morgan fingerprint density at radius 1 is 1.09 bits per heavy atom. The molecule has 0 spiro atoms. The van der Waals surface area contributed by atoms with Gasteiger partial charge in [-0.15, -0.1) is 0 Å². The number of aromatic nitrogens is 1. The van der Waals surface area contributed by atoms with Crippen molar-refractivity contribution in [2.75, 3.05) is 26.8 Å². The molecule has 0 atom stereocenters. The predicted octanol–water partition coefficient (Wildman–Crippen LogP) is 3.79. The molecule has 0 bridgehead atoms. The SMILES string of the molecule is COCCn1c(=NC(=O)c2ccc(S(=O)(=O)N3CCCCCC3)cc2)sc2cc(F)ccc21. The Morgan fingerprint density at radius 3 is 2.45 bits per heavy atom. The second kappa shape index (κ2) is 10.3. The highest BCUT2D eigenvalue weighted by atomic mass is 32.2. The van der Waals surface area contributed by atoms with Gasteiger partial charge in [-0.3, -0.25) is 4.79 Å². The Kier molecular flexibility index (Phi) is 7.38. The van der Waals surface area contributed by atoms with Gasteiger partial charge < -0.3 is 9.30 Å². The van der Waals surface area contributed by atoms with E-state index in [1.165, 1.54) is 52.0 Å². The van der Waals surface area contributed by atoms with Gasteiger partial charge in [0.25, 0.3) is 5.91 Å². The van der Waals surface area contributed by atoms with Crippen molar-refractivity contribution in [1.29, 1.82) is 0 Å². The van der Waals surface area contributed by atoms with E-state index in [2.05, 4.69) is 4.99 Å². The molecular weight excluding hydrogens is 465 g/mol. The summed E-state index contributed by atoms with van der Waals surface area (Å²) in [6.45, 7) is 1.91. The van der Waals surface area contributed by atoms with Gasteiger partial charge in [0.05, 0.1) is 21.7 Å². The normalized spacial score (nSPS) is 16.2. The van der Waals surface area contributed by atoms with Crippen LogP contribution in [-0.4, -0.2) is 50.0 Å². The third-order valence-corrected chi connectivity index (χ3v) is 8.62. The quantitative estimate of drug-likeness (QED) is 0.525. The third kappa shape index (κ3) is 5.24. The molecule has 2 aromatic carbocycles. The Balaban J connectivity index is 1.63. The molecule has 0 unspecified atom stereocenters. The molecule has 10 heteroatoms. The number of benzene rings is 2. The number of halogens is 1. The molecule has 0 saturated carbocycles. The maximum atomic E-state index is 13.7. The second-order valence-corrected chi connectivity index (χ2v) is 10.8. The number of carbonyl (C=O) groups is 1. The van der Waals surface area contributed by atoms with Gasteiger partial charge in [0.15, 0.2) is 4.80 Å². The standard InChI is InChI=1S/C23H26FN3O4S2/c1-31-15-14-27-20-11-8-18(24)16-21(20)32-23(27)25-22(28)17-6-9-19(10-7-17)33(29,30)26-12-4-2-3-5-13-26/h6-11,16H,2-5,12-15H2,1H3. The summed E-state index contributed by atoms with van der Waals surface area (Å²) in [6, 6.07) is 10.3. The van der Waals surface area contributed by atoms with E-state index < -0.39 is 15.9 Å². The highest BCUT2D eigenvalue weighted by Crippen LogP contribution is 2.22. The number of amides is 1. The molecule has 176 valence electrons.